The van der Waals surface area contributed by atoms with Crippen LogP contribution in [-0.2, 0) is 17.6 Å². The number of aryl methyl sites for hydroxylation is 1. The van der Waals surface area contributed by atoms with E-state index in [1.165, 1.54) is 0 Å². The van der Waals surface area contributed by atoms with Crippen molar-refractivity contribution in [2.24, 2.45) is 5.92 Å². The van der Waals surface area contributed by atoms with Gasteiger partial charge in [0, 0.05) is 37.9 Å². The van der Waals surface area contributed by atoms with Gasteiger partial charge in [0.1, 0.15) is 5.82 Å². The Morgan fingerprint density at radius 1 is 1.42 bits per heavy atom. The second-order valence-corrected chi connectivity index (χ2v) is 7.25. The van der Waals surface area contributed by atoms with Crippen molar-refractivity contribution in [2.45, 2.75) is 32.6 Å². The van der Waals surface area contributed by atoms with Gasteiger partial charge in [0.15, 0.2) is 0 Å². The Kier molecular flexibility index (Phi) is 5.40. The van der Waals surface area contributed by atoms with E-state index in [4.69, 9.17) is 0 Å². The molecule has 0 radical (unpaired) electrons. The molecule has 0 saturated carbocycles. The lowest BCUT2D eigenvalue weighted by Gasteiger charge is -2.32. The lowest BCUT2D eigenvalue weighted by molar-refractivity contribution is -0.132. The number of piperidine rings is 1. The van der Waals surface area contributed by atoms with E-state index in [0.29, 0.717) is 12.3 Å². The summed E-state index contributed by atoms with van der Waals surface area (Å²) in [6, 6.07) is 0. The molecule has 0 aliphatic carbocycles. The number of rotatable bonds is 5. The predicted octanol–water partition coefficient (Wildman–Crippen LogP) is 2.31. The summed E-state index contributed by atoms with van der Waals surface area (Å²) in [5, 5.41) is 6.08. The molecule has 1 fully saturated rings. The van der Waals surface area contributed by atoms with Gasteiger partial charge in [-0.25, -0.2) is 9.97 Å². The number of likely N-dealkylation sites (tertiary alicyclic amines) is 1. The van der Waals surface area contributed by atoms with Crippen LogP contribution < -0.4 is 5.32 Å². The molecule has 2 aromatic heterocycles. The Morgan fingerprint density at radius 3 is 3.00 bits per heavy atom. The second-order valence-electron chi connectivity index (χ2n) is 6.19. The maximum absolute atomic E-state index is 12.5. The van der Waals surface area contributed by atoms with E-state index in [2.05, 4.69) is 20.3 Å². The molecule has 3 heterocycles. The molecule has 1 aliphatic heterocycles. The molecule has 7 heteroatoms. The number of nitrogens with zero attached hydrogens (tertiary/aromatic N) is 4. The first-order valence-electron chi connectivity index (χ1n) is 8.32. The molecule has 1 atom stereocenters. The van der Waals surface area contributed by atoms with Crippen molar-refractivity contribution in [3.8, 4) is 0 Å². The van der Waals surface area contributed by atoms with Crippen molar-refractivity contribution in [2.75, 3.05) is 25.5 Å². The summed E-state index contributed by atoms with van der Waals surface area (Å²) >= 11 is 1.60. The molecule has 128 valence electrons. The molecule has 1 amide bonds. The van der Waals surface area contributed by atoms with Crippen molar-refractivity contribution in [3.05, 3.63) is 34.2 Å². The summed E-state index contributed by atoms with van der Waals surface area (Å²) < 4.78 is 0. The van der Waals surface area contributed by atoms with Crippen molar-refractivity contribution < 1.29 is 4.79 Å². The Labute approximate surface area is 146 Å². The number of anilines is 1. The number of nitrogens with one attached hydrogen (secondary N) is 1. The molecule has 1 N–H and O–H groups in total. The largest absolute Gasteiger partial charge is 0.372 e. The summed E-state index contributed by atoms with van der Waals surface area (Å²) in [5.41, 5.74) is 1.87. The van der Waals surface area contributed by atoms with Crippen molar-refractivity contribution >= 4 is 23.1 Å². The normalized spacial score (nSPS) is 17.8. The fourth-order valence-corrected chi connectivity index (χ4v) is 3.83. The Bertz CT molecular complexity index is 702. The minimum absolute atomic E-state index is 0.179. The number of amides is 1. The van der Waals surface area contributed by atoms with Gasteiger partial charge in [-0.3, -0.25) is 9.78 Å². The van der Waals surface area contributed by atoms with Gasteiger partial charge in [0.25, 0.3) is 0 Å². The molecule has 0 unspecified atom stereocenters. The topological polar surface area (TPSA) is 71.0 Å². The van der Waals surface area contributed by atoms with Crippen LogP contribution in [0.5, 0.6) is 0 Å². The summed E-state index contributed by atoms with van der Waals surface area (Å²) in [5.74, 6) is 1.44. The maximum Gasteiger partial charge on any atom is 0.228 e. The number of hydrogen-bond acceptors (Lipinski definition) is 6. The van der Waals surface area contributed by atoms with E-state index in [1.54, 1.807) is 23.7 Å². The van der Waals surface area contributed by atoms with Gasteiger partial charge in [-0.15, -0.1) is 11.3 Å². The monoisotopic (exact) mass is 345 g/mol. The van der Waals surface area contributed by atoms with E-state index in [1.807, 2.05) is 24.3 Å². The first kappa shape index (κ1) is 16.8. The van der Waals surface area contributed by atoms with Crippen molar-refractivity contribution in [3.63, 3.8) is 0 Å². The SMILES string of the molecule is CNc1nccnc1C[C@H]1CCCN(C(=O)Cc2csc(C)n2)C1. The van der Waals surface area contributed by atoms with Crippen molar-refractivity contribution in [1.29, 1.82) is 0 Å². The van der Waals surface area contributed by atoms with Crippen molar-refractivity contribution in [1.82, 2.24) is 19.9 Å². The highest BCUT2D eigenvalue weighted by Crippen LogP contribution is 2.23. The highest BCUT2D eigenvalue weighted by Gasteiger charge is 2.25. The Morgan fingerprint density at radius 2 is 2.25 bits per heavy atom. The van der Waals surface area contributed by atoms with Crippen LogP contribution in [0.25, 0.3) is 0 Å². The number of carbonyl (C=O) groups excluding carboxylic acids is 1. The van der Waals surface area contributed by atoms with Gasteiger partial charge in [-0.05, 0) is 32.1 Å². The average molecular weight is 345 g/mol. The smallest absolute Gasteiger partial charge is 0.228 e. The van der Waals surface area contributed by atoms with E-state index < -0.39 is 0 Å². The third-order valence-corrected chi connectivity index (χ3v) is 5.19. The van der Waals surface area contributed by atoms with Gasteiger partial charge in [-0.1, -0.05) is 0 Å². The molecule has 2 aromatic rings. The molecular formula is C17H23N5OS. The minimum atomic E-state index is 0.179. The van der Waals surface area contributed by atoms with E-state index in [-0.39, 0.29) is 5.91 Å². The van der Waals surface area contributed by atoms with Gasteiger partial charge >= 0.3 is 0 Å². The average Bonchev–Trinajstić information content (AvgIpc) is 3.00. The standard InChI is InChI=1S/C17H23N5OS/c1-12-21-14(11-24-12)9-16(23)22-7-3-4-13(10-22)8-15-17(18-2)20-6-5-19-15/h5-6,11,13H,3-4,7-10H2,1-2H3,(H,18,20)/t13-/m1/s1. The molecule has 1 aliphatic rings. The molecule has 0 aromatic carbocycles. The third kappa shape index (κ3) is 4.08. The third-order valence-electron chi connectivity index (χ3n) is 4.36. The zero-order chi connectivity index (χ0) is 16.9. The molecule has 24 heavy (non-hydrogen) atoms. The summed E-state index contributed by atoms with van der Waals surface area (Å²) in [6.45, 7) is 3.61. The van der Waals surface area contributed by atoms with Crippen LogP contribution in [0.4, 0.5) is 5.82 Å². The number of thiazole rings is 1. The first-order chi connectivity index (χ1) is 11.7. The van der Waals surface area contributed by atoms with Crippen LogP contribution >= 0.6 is 11.3 Å². The van der Waals surface area contributed by atoms with Crippen LogP contribution in [0, 0.1) is 12.8 Å². The van der Waals surface area contributed by atoms with E-state index in [0.717, 1.165) is 54.6 Å². The quantitative estimate of drug-likeness (QED) is 0.900. The summed E-state index contributed by atoms with van der Waals surface area (Å²) in [7, 11) is 1.86. The zero-order valence-corrected chi connectivity index (χ0v) is 15.0. The fourth-order valence-electron chi connectivity index (χ4n) is 3.21. The summed E-state index contributed by atoms with van der Waals surface area (Å²) in [4.78, 5) is 27.7. The second kappa shape index (κ2) is 7.70. The predicted molar refractivity (Wildman–Crippen MR) is 95.1 cm³/mol. The van der Waals surface area contributed by atoms with E-state index in [9.17, 15) is 4.79 Å². The fraction of sp³-hybridized carbons (Fsp3) is 0.529. The van der Waals surface area contributed by atoms with Gasteiger partial charge in [-0.2, -0.15) is 0 Å². The molecule has 1 saturated heterocycles. The van der Waals surface area contributed by atoms with Gasteiger partial charge in [0.05, 0.1) is 22.8 Å². The number of aromatic nitrogens is 3. The highest BCUT2D eigenvalue weighted by atomic mass is 32.1. The molecule has 6 nitrogen and oxygen atoms in total. The Hall–Kier alpha value is -2.02. The van der Waals surface area contributed by atoms with Crippen LogP contribution in [-0.4, -0.2) is 45.9 Å². The van der Waals surface area contributed by atoms with Crippen LogP contribution in [0.2, 0.25) is 0 Å². The molecule has 0 spiro atoms. The first-order valence-corrected chi connectivity index (χ1v) is 9.20. The maximum atomic E-state index is 12.5. The highest BCUT2D eigenvalue weighted by molar-refractivity contribution is 7.09. The number of carbonyl (C=O) groups is 1. The lowest BCUT2D eigenvalue weighted by atomic mass is 9.93. The molecule has 3 rings (SSSR count). The van der Waals surface area contributed by atoms with E-state index >= 15 is 0 Å². The van der Waals surface area contributed by atoms with Gasteiger partial charge in [0.2, 0.25) is 5.91 Å². The van der Waals surface area contributed by atoms with Crippen LogP contribution in [0.3, 0.4) is 0 Å². The van der Waals surface area contributed by atoms with Gasteiger partial charge < -0.3 is 10.2 Å². The zero-order valence-electron chi connectivity index (χ0n) is 14.2. The number of hydrogen-bond donors (Lipinski definition) is 1. The molecular weight excluding hydrogens is 322 g/mol. The lowest BCUT2D eigenvalue weighted by Crippen LogP contribution is -2.41. The van der Waals surface area contributed by atoms with Crippen LogP contribution in [0.15, 0.2) is 17.8 Å². The minimum Gasteiger partial charge on any atom is -0.372 e. The summed E-state index contributed by atoms with van der Waals surface area (Å²) in [6.07, 6.45) is 6.85. The van der Waals surface area contributed by atoms with Crippen LogP contribution in [0.1, 0.15) is 29.2 Å². The molecule has 0 bridgehead atoms. The Balaban J connectivity index is 1.60.